The summed E-state index contributed by atoms with van der Waals surface area (Å²) < 4.78 is 0. The number of hydrogen-bond acceptors (Lipinski definition) is 3. The molecule has 16 heavy (non-hydrogen) atoms. The maximum absolute atomic E-state index is 12.0. The van der Waals surface area contributed by atoms with Gasteiger partial charge in [0.25, 0.3) is 0 Å². The number of nitrogens with one attached hydrogen (secondary N) is 2. The Balaban J connectivity index is 2.92. The molecule has 1 fully saturated rings. The second-order valence-corrected chi connectivity index (χ2v) is 4.58. The van der Waals surface area contributed by atoms with E-state index < -0.39 is 5.41 Å². The van der Waals surface area contributed by atoms with Gasteiger partial charge in [0, 0.05) is 0 Å². The highest BCUT2D eigenvalue weighted by atomic mass is 32.1. The van der Waals surface area contributed by atoms with E-state index in [1.165, 1.54) is 0 Å². The summed E-state index contributed by atoms with van der Waals surface area (Å²) >= 11 is 4.80. The van der Waals surface area contributed by atoms with E-state index in [0.29, 0.717) is 12.8 Å². The Morgan fingerprint density at radius 1 is 1.06 bits per heavy atom. The lowest BCUT2D eigenvalue weighted by atomic mass is 9.76. The molecule has 2 N–H and O–H groups in total. The summed E-state index contributed by atoms with van der Waals surface area (Å²) in [6.07, 6.45) is 3.81. The fourth-order valence-electron chi connectivity index (χ4n) is 2.06. The van der Waals surface area contributed by atoms with Gasteiger partial charge in [-0.1, -0.05) is 33.1 Å². The minimum absolute atomic E-state index is 0.123. The summed E-state index contributed by atoms with van der Waals surface area (Å²) in [7, 11) is 0. The van der Waals surface area contributed by atoms with Crippen molar-refractivity contribution in [2.24, 2.45) is 5.41 Å². The van der Waals surface area contributed by atoms with Crippen molar-refractivity contribution in [3.63, 3.8) is 0 Å². The number of unbranched alkanes of at least 4 members (excludes halogenated alkanes) is 1. The Kier molecular flexibility index (Phi) is 4.41. The zero-order valence-electron chi connectivity index (χ0n) is 9.76. The molecule has 90 valence electrons. The van der Waals surface area contributed by atoms with E-state index in [9.17, 15) is 9.59 Å². The Hall–Kier alpha value is -0.970. The first kappa shape index (κ1) is 13.1. The SMILES string of the molecule is CCCCC1(CCC)C(=O)NC(=S)NC1=O. The Bertz CT molecular complexity index is 295. The number of carbonyl (C=O) groups is 2. The molecule has 4 nitrogen and oxygen atoms in total. The smallest absolute Gasteiger partial charge is 0.241 e. The molecule has 0 aromatic rings. The zero-order valence-corrected chi connectivity index (χ0v) is 10.6. The normalized spacial score (nSPS) is 19.2. The standard InChI is InChI=1S/C11H18N2O2S/c1-3-5-7-11(6-4-2)8(14)12-10(16)13-9(11)15/h3-7H2,1-2H3,(H2,12,13,14,15,16). The molecule has 1 rings (SSSR count). The highest BCUT2D eigenvalue weighted by Gasteiger charge is 2.47. The first-order chi connectivity index (χ1) is 7.56. The van der Waals surface area contributed by atoms with Crippen molar-refractivity contribution in [3.05, 3.63) is 0 Å². The first-order valence-electron chi connectivity index (χ1n) is 5.73. The maximum atomic E-state index is 12.0. The van der Waals surface area contributed by atoms with Crippen LogP contribution >= 0.6 is 12.2 Å². The predicted octanol–water partition coefficient (Wildman–Crippen LogP) is 1.49. The van der Waals surface area contributed by atoms with Gasteiger partial charge in [-0.25, -0.2) is 0 Å². The number of rotatable bonds is 5. The van der Waals surface area contributed by atoms with E-state index in [0.717, 1.165) is 19.3 Å². The van der Waals surface area contributed by atoms with E-state index in [-0.39, 0.29) is 16.9 Å². The topological polar surface area (TPSA) is 58.2 Å². The highest BCUT2D eigenvalue weighted by Crippen LogP contribution is 2.32. The molecule has 1 aliphatic heterocycles. The Labute approximate surface area is 101 Å². The summed E-state index contributed by atoms with van der Waals surface area (Å²) in [6, 6.07) is 0. The van der Waals surface area contributed by atoms with Gasteiger partial charge in [-0.2, -0.15) is 0 Å². The number of thiocarbonyl (C=S) groups is 1. The minimum atomic E-state index is -0.910. The maximum Gasteiger partial charge on any atom is 0.241 e. The molecule has 0 saturated carbocycles. The largest absolute Gasteiger partial charge is 0.302 e. The van der Waals surface area contributed by atoms with Crippen molar-refractivity contribution in [3.8, 4) is 0 Å². The number of amides is 2. The van der Waals surface area contributed by atoms with Crippen LogP contribution in [0.3, 0.4) is 0 Å². The van der Waals surface area contributed by atoms with Gasteiger partial charge in [0.15, 0.2) is 5.11 Å². The lowest BCUT2D eigenvalue weighted by molar-refractivity contribution is -0.144. The minimum Gasteiger partial charge on any atom is -0.302 e. The number of carbonyl (C=O) groups excluding carboxylic acids is 2. The summed E-state index contributed by atoms with van der Waals surface area (Å²) in [5, 5.41) is 5.23. The summed E-state index contributed by atoms with van der Waals surface area (Å²) in [5.74, 6) is -0.479. The van der Waals surface area contributed by atoms with E-state index in [4.69, 9.17) is 12.2 Å². The van der Waals surface area contributed by atoms with Gasteiger partial charge >= 0.3 is 0 Å². The molecule has 0 spiro atoms. The molecule has 0 aliphatic carbocycles. The average molecular weight is 242 g/mol. The third-order valence-corrected chi connectivity index (χ3v) is 3.16. The molecule has 0 bridgehead atoms. The third kappa shape index (κ3) is 2.40. The molecule has 0 unspecified atom stereocenters. The van der Waals surface area contributed by atoms with Gasteiger partial charge < -0.3 is 10.6 Å². The quantitative estimate of drug-likeness (QED) is 0.567. The Morgan fingerprint density at radius 3 is 2.06 bits per heavy atom. The van der Waals surface area contributed by atoms with Crippen LogP contribution in [0.5, 0.6) is 0 Å². The monoisotopic (exact) mass is 242 g/mol. The number of hydrogen-bond donors (Lipinski definition) is 2. The van der Waals surface area contributed by atoms with Gasteiger partial charge in [0.05, 0.1) is 0 Å². The second kappa shape index (κ2) is 5.39. The van der Waals surface area contributed by atoms with Crippen LogP contribution in [0.1, 0.15) is 46.0 Å². The molecule has 0 radical (unpaired) electrons. The molecule has 5 heteroatoms. The van der Waals surface area contributed by atoms with Crippen molar-refractivity contribution >= 4 is 29.1 Å². The molecule has 0 atom stereocenters. The van der Waals surface area contributed by atoms with Crippen molar-refractivity contribution in [2.75, 3.05) is 0 Å². The molecule has 1 aliphatic rings. The second-order valence-electron chi connectivity index (χ2n) is 4.17. The van der Waals surface area contributed by atoms with Crippen LogP contribution in [0.2, 0.25) is 0 Å². The van der Waals surface area contributed by atoms with E-state index in [2.05, 4.69) is 10.6 Å². The van der Waals surface area contributed by atoms with Crippen LogP contribution in [0, 0.1) is 5.41 Å². The average Bonchev–Trinajstić information content (AvgIpc) is 2.22. The molecule has 1 heterocycles. The van der Waals surface area contributed by atoms with Gasteiger partial charge in [-0.15, -0.1) is 0 Å². The van der Waals surface area contributed by atoms with Crippen molar-refractivity contribution in [2.45, 2.75) is 46.0 Å². The van der Waals surface area contributed by atoms with Crippen LogP contribution < -0.4 is 10.6 Å². The van der Waals surface area contributed by atoms with Gasteiger partial charge in [-0.3, -0.25) is 9.59 Å². The van der Waals surface area contributed by atoms with Crippen molar-refractivity contribution < 1.29 is 9.59 Å². The highest BCUT2D eigenvalue weighted by molar-refractivity contribution is 7.80. The first-order valence-corrected chi connectivity index (χ1v) is 6.14. The third-order valence-electron chi connectivity index (χ3n) is 2.96. The van der Waals surface area contributed by atoms with Gasteiger partial charge in [0.1, 0.15) is 5.41 Å². The van der Waals surface area contributed by atoms with Gasteiger partial charge in [0.2, 0.25) is 11.8 Å². The predicted molar refractivity (Wildman–Crippen MR) is 65.7 cm³/mol. The molecule has 0 aromatic heterocycles. The molecule has 0 aromatic carbocycles. The summed E-state index contributed by atoms with van der Waals surface area (Å²) in [5.41, 5.74) is -0.910. The van der Waals surface area contributed by atoms with Crippen LogP contribution in [0.25, 0.3) is 0 Å². The van der Waals surface area contributed by atoms with Crippen LogP contribution in [0.4, 0.5) is 0 Å². The fraction of sp³-hybridized carbons (Fsp3) is 0.727. The summed E-state index contributed by atoms with van der Waals surface area (Å²) in [6.45, 7) is 4.02. The molecular weight excluding hydrogens is 224 g/mol. The van der Waals surface area contributed by atoms with Crippen molar-refractivity contribution in [1.29, 1.82) is 0 Å². The zero-order chi connectivity index (χ0) is 12.2. The molecular formula is C11H18N2O2S. The fourth-order valence-corrected chi connectivity index (χ4v) is 2.25. The lowest BCUT2D eigenvalue weighted by Crippen LogP contribution is -2.62. The Morgan fingerprint density at radius 2 is 1.62 bits per heavy atom. The lowest BCUT2D eigenvalue weighted by Gasteiger charge is -2.34. The molecule has 1 saturated heterocycles. The van der Waals surface area contributed by atoms with Crippen LogP contribution in [-0.4, -0.2) is 16.9 Å². The van der Waals surface area contributed by atoms with E-state index in [1.54, 1.807) is 0 Å². The van der Waals surface area contributed by atoms with Crippen molar-refractivity contribution in [1.82, 2.24) is 10.6 Å². The molecule has 2 amide bonds. The van der Waals surface area contributed by atoms with E-state index >= 15 is 0 Å². The van der Waals surface area contributed by atoms with Crippen LogP contribution in [-0.2, 0) is 9.59 Å². The van der Waals surface area contributed by atoms with Crippen LogP contribution in [0.15, 0.2) is 0 Å². The van der Waals surface area contributed by atoms with Gasteiger partial charge in [-0.05, 0) is 25.1 Å². The summed E-state index contributed by atoms with van der Waals surface area (Å²) in [4.78, 5) is 23.9. The van der Waals surface area contributed by atoms with E-state index in [1.807, 2.05) is 13.8 Å².